The van der Waals surface area contributed by atoms with Gasteiger partial charge in [0.25, 0.3) is 23.4 Å². The van der Waals surface area contributed by atoms with Crippen molar-refractivity contribution >= 4 is 55.8 Å². The average Bonchev–Trinajstić information content (AvgIpc) is 3.74. The number of amides is 3. The summed E-state index contributed by atoms with van der Waals surface area (Å²) in [6.45, 7) is 2.07. The monoisotopic (exact) mass is 624 g/mol. The Bertz CT molecular complexity index is 1870. The molecule has 2 N–H and O–H groups in total. The van der Waals surface area contributed by atoms with Gasteiger partial charge >= 0.3 is 0 Å². The molecule has 0 bridgehead atoms. The number of hydrogen-bond donors (Lipinski definition) is 2. The van der Waals surface area contributed by atoms with E-state index in [1.165, 1.54) is 35.8 Å². The molecule has 0 saturated carbocycles. The zero-order valence-corrected chi connectivity index (χ0v) is 24.8. The van der Waals surface area contributed by atoms with Gasteiger partial charge in [0.05, 0.1) is 21.4 Å². The summed E-state index contributed by atoms with van der Waals surface area (Å²) in [5.74, 6) is -0.624. The summed E-state index contributed by atoms with van der Waals surface area (Å²) in [4.78, 5) is 57.8. The van der Waals surface area contributed by atoms with Crippen LogP contribution in [-0.2, 0) is 6.42 Å². The Balaban J connectivity index is 1.08. The Labute approximate surface area is 261 Å². The molecule has 5 aromatic rings. The third-order valence-corrected chi connectivity index (χ3v) is 8.40. The number of thiazole rings is 1. The largest absolute Gasteiger partial charge is 0.459 e. The first kappa shape index (κ1) is 29.5. The van der Waals surface area contributed by atoms with Crippen LogP contribution < -0.4 is 10.6 Å². The lowest BCUT2D eigenvalue weighted by Gasteiger charge is -2.34. The number of furan rings is 1. The maximum Gasteiger partial charge on any atom is 0.293 e. The van der Waals surface area contributed by atoms with Gasteiger partial charge in [-0.3, -0.25) is 29.8 Å². The number of benzene rings is 3. The third-order valence-electron chi connectivity index (χ3n) is 7.47. The van der Waals surface area contributed by atoms with E-state index in [1.807, 2.05) is 30.3 Å². The van der Waals surface area contributed by atoms with Gasteiger partial charge in [0.2, 0.25) is 0 Å². The van der Waals surface area contributed by atoms with Gasteiger partial charge in [-0.25, -0.2) is 4.98 Å². The summed E-state index contributed by atoms with van der Waals surface area (Å²) < 4.78 is 5.90. The number of nitro benzene ring substituents is 1. The molecule has 0 atom stereocenters. The predicted molar refractivity (Wildman–Crippen MR) is 170 cm³/mol. The van der Waals surface area contributed by atoms with E-state index in [0.29, 0.717) is 65.7 Å². The molecular weight excluding hydrogens is 596 g/mol. The molecule has 0 spiro atoms. The Morgan fingerprint density at radius 3 is 2.33 bits per heavy atom. The molecule has 3 amide bonds. The Kier molecular flexibility index (Phi) is 8.51. The molecule has 3 heterocycles. The van der Waals surface area contributed by atoms with Crippen LogP contribution in [-0.4, -0.2) is 70.2 Å². The van der Waals surface area contributed by atoms with Gasteiger partial charge in [0.15, 0.2) is 10.9 Å². The number of piperazine rings is 1. The lowest BCUT2D eigenvalue weighted by atomic mass is 10.1. The number of anilines is 2. The molecule has 1 fully saturated rings. The first-order valence-corrected chi connectivity index (χ1v) is 15.1. The smallest absolute Gasteiger partial charge is 0.293 e. The Morgan fingerprint density at radius 1 is 0.889 bits per heavy atom. The average molecular weight is 625 g/mol. The summed E-state index contributed by atoms with van der Waals surface area (Å²) in [5, 5.41) is 17.9. The zero-order valence-electron chi connectivity index (χ0n) is 24.0. The van der Waals surface area contributed by atoms with E-state index >= 15 is 0 Å². The second-order valence-corrected chi connectivity index (χ2v) is 11.4. The summed E-state index contributed by atoms with van der Waals surface area (Å²) >= 11 is 1.20. The molecule has 3 aromatic carbocycles. The molecule has 0 radical (unpaired) electrons. The van der Waals surface area contributed by atoms with Crippen molar-refractivity contribution in [2.75, 3.05) is 43.4 Å². The van der Waals surface area contributed by atoms with Crippen molar-refractivity contribution in [3.8, 4) is 0 Å². The van der Waals surface area contributed by atoms with Crippen LogP contribution in [0.1, 0.15) is 36.8 Å². The lowest BCUT2D eigenvalue weighted by Crippen LogP contribution is -2.50. The number of nitrogens with zero attached hydrogens (tertiary/aromatic N) is 4. The van der Waals surface area contributed by atoms with Crippen molar-refractivity contribution in [3.63, 3.8) is 0 Å². The molecular formula is C32H28N6O6S. The molecule has 6 rings (SSSR count). The highest BCUT2D eigenvalue weighted by Crippen LogP contribution is 2.30. The fourth-order valence-corrected chi connectivity index (χ4v) is 5.99. The van der Waals surface area contributed by atoms with E-state index in [4.69, 9.17) is 4.42 Å². The van der Waals surface area contributed by atoms with Gasteiger partial charge in [-0.05, 0) is 54.4 Å². The second kappa shape index (κ2) is 13.0. The van der Waals surface area contributed by atoms with Crippen LogP contribution in [0.5, 0.6) is 0 Å². The molecule has 45 heavy (non-hydrogen) atoms. The number of carbonyl (C=O) groups excluding carboxylic acids is 3. The number of rotatable bonds is 9. The number of hydrogen-bond acceptors (Lipinski definition) is 9. The highest BCUT2D eigenvalue weighted by molar-refractivity contribution is 7.22. The van der Waals surface area contributed by atoms with Crippen molar-refractivity contribution < 1.29 is 23.7 Å². The van der Waals surface area contributed by atoms with Crippen LogP contribution in [0.25, 0.3) is 10.2 Å². The third kappa shape index (κ3) is 6.68. The SMILES string of the molecule is O=C(Nc1nc2ccc(C(=O)N3CCN(C(=O)c4ccco4)CC3)cc2s1)c1ccc(NCCc2ccccc2)c([N+](=O)[O-])c1. The topological polar surface area (TPSA) is 151 Å². The molecule has 2 aromatic heterocycles. The molecule has 13 heteroatoms. The molecule has 1 aliphatic heterocycles. The maximum atomic E-state index is 13.2. The summed E-state index contributed by atoms with van der Waals surface area (Å²) in [6.07, 6.45) is 2.14. The Hall–Kier alpha value is -5.56. The minimum absolute atomic E-state index is 0.120. The highest BCUT2D eigenvalue weighted by Gasteiger charge is 2.27. The van der Waals surface area contributed by atoms with Crippen LogP contribution in [0, 0.1) is 10.1 Å². The van der Waals surface area contributed by atoms with Crippen LogP contribution in [0.3, 0.4) is 0 Å². The van der Waals surface area contributed by atoms with Gasteiger partial charge in [0, 0.05) is 49.9 Å². The fraction of sp³-hybridized carbons (Fsp3) is 0.188. The molecule has 0 unspecified atom stereocenters. The quantitative estimate of drug-likeness (QED) is 0.166. The van der Waals surface area contributed by atoms with Crippen LogP contribution in [0.4, 0.5) is 16.5 Å². The van der Waals surface area contributed by atoms with E-state index in [9.17, 15) is 24.5 Å². The number of carbonyl (C=O) groups is 3. The number of nitro groups is 1. The fourth-order valence-electron chi connectivity index (χ4n) is 5.09. The predicted octanol–water partition coefficient (Wildman–Crippen LogP) is 5.30. The van der Waals surface area contributed by atoms with Gasteiger partial charge < -0.3 is 19.5 Å². The Morgan fingerprint density at radius 2 is 1.62 bits per heavy atom. The van der Waals surface area contributed by atoms with Crippen molar-refractivity contribution in [1.82, 2.24) is 14.8 Å². The number of aromatic nitrogens is 1. The summed E-state index contributed by atoms with van der Waals surface area (Å²) in [5.41, 5.74) is 2.43. The minimum atomic E-state index is -0.536. The zero-order chi connectivity index (χ0) is 31.3. The first-order valence-electron chi connectivity index (χ1n) is 14.3. The van der Waals surface area contributed by atoms with Crippen molar-refractivity contribution in [2.24, 2.45) is 0 Å². The van der Waals surface area contributed by atoms with Crippen molar-refractivity contribution in [2.45, 2.75) is 6.42 Å². The normalized spacial score (nSPS) is 13.1. The van der Waals surface area contributed by atoms with Crippen molar-refractivity contribution in [1.29, 1.82) is 0 Å². The van der Waals surface area contributed by atoms with E-state index in [-0.39, 0.29) is 28.8 Å². The standard InChI is InChI=1S/C32H28N6O6S/c39-29(22-8-10-24(26(19-22)38(42)43)33-13-12-21-5-2-1-3-6-21)35-32-34-25-11-9-23(20-28(25)45-32)30(40)36-14-16-37(17-15-36)31(41)27-7-4-18-44-27/h1-11,18-20,33H,12-17H2,(H,34,35,39). The lowest BCUT2D eigenvalue weighted by molar-refractivity contribution is -0.384. The van der Waals surface area contributed by atoms with E-state index in [0.717, 1.165) is 5.56 Å². The molecule has 228 valence electrons. The van der Waals surface area contributed by atoms with E-state index in [1.54, 1.807) is 40.1 Å². The number of nitrogens with one attached hydrogen (secondary N) is 2. The van der Waals surface area contributed by atoms with Crippen LogP contribution in [0.2, 0.25) is 0 Å². The van der Waals surface area contributed by atoms with E-state index < -0.39 is 10.8 Å². The summed E-state index contributed by atoms with van der Waals surface area (Å²) in [7, 11) is 0. The molecule has 1 saturated heterocycles. The second-order valence-electron chi connectivity index (χ2n) is 10.4. The van der Waals surface area contributed by atoms with Crippen LogP contribution >= 0.6 is 11.3 Å². The van der Waals surface area contributed by atoms with Gasteiger partial charge in [-0.15, -0.1) is 0 Å². The maximum absolute atomic E-state index is 13.2. The summed E-state index contributed by atoms with van der Waals surface area (Å²) in [6, 6.07) is 22.5. The molecule has 0 aliphatic carbocycles. The van der Waals surface area contributed by atoms with Gasteiger partial charge in [-0.2, -0.15) is 0 Å². The van der Waals surface area contributed by atoms with Gasteiger partial charge in [-0.1, -0.05) is 41.7 Å². The number of fused-ring (bicyclic) bond motifs is 1. The highest BCUT2D eigenvalue weighted by atomic mass is 32.1. The van der Waals surface area contributed by atoms with Crippen molar-refractivity contribution in [3.05, 3.63) is 118 Å². The molecule has 12 nitrogen and oxygen atoms in total. The van der Waals surface area contributed by atoms with Crippen LogP contribution in [0.15, 0.2) is 89.5 Å². The molecule has 1 aliphatic rings. The minimum Gasteiger partial charge on any atom is -0.459 e. The first-order chi connectivity index (χ1) is 21.9. The van der Waals surface area contributed by atoms with Gasteiger partial charge in [0.1, 0.15) is 5.69 Å². The van der Waals surface area contributed by atoms with E-state index in [2.05, 4.69) is 15.6 Å².